The number of hydrogen-bond donors (Lipinski definition) is 1. The Morgan fingerprint density at radius 3 is 3.00 bits per heavy atom. The fourth-order valence-corrected chi connectivity index (χ4v) is 4.43. The van der Waals surface area contributed by atoms with Gasteiger partial charge in [0.25, 0.3) is 0 Å². The standard InChI is InChI=1S/C19H26N2O2/c1-18(2)11-15-10-14(4-5-16(15)23-18)12-21-9-7-19(13-21)6-3-8-20-17(19)22/h4-5,10H,3,6-9,11-13H2,1-2H3,(H,20,22)/t19-/m0/s1. The maximum Gasteiger partial charge on any atom is 0.227 e. The first-order chi connectivity index (χ1) is 11.0. The molecule has 0 aliphatic carbocycles. The van der Waals surface area contributed by atoms with Crippen molar-refractivity contribution in [3.63, 3.8) is 0 Å². The number of amides is 1. The van der Waals surface area contributed by atoms with Gasteiger partial charge in [-0.25, -0.2) is 0 Å². The third-order valence-electron chi connectivity index (χ3n) is 5.57. The smallest absolute Gasteiger partial charge is 0.227 e. The summed E-state index contributed by atoms with van der Waals surface area (Å²) < 4.78 is 5.96. The molecule has 124 valence electrons. The Balaban J connectivity index is 1.45. The number of hydrogen-bond acceptors (Lipinski definition) is 3. The highest BCUT2D eigenvalue weighted by Gasteiger charge is 2.45. The lowest BCUT2D eigenvalue weighted by Crippen LogP contribution is -2.47. The molecule has 1 atom stereocenters. The zero-order chi connectivity index (χ0) is 16.1. The van der Waals surface area contributed by atoms with Gasteiger partial charge in [-0.05, 0) is 56.8 Å². The predicted molar refractivity (Wildman–Crippen MR) is 89.4 cm³/mol. The van der Waals surface area contributed by atoms with Crippen LogP contribution in [0.5, 0.6) is 5.75 Å². The Morgan fingerprint density at radius 2 is 2.17 bits per heavy atom. The number of piperidine rings is 1. The van der Waals surface area contributed by atoms with E-state index >= 15 is 0 Å². The van der Waals surface area contributed by atoms with Crippen LogP contribution in [0.2, 0.25) is 0 Å². The quantitative estimate of drug-likeness (QED) is 0.912. The first-order valence-electron chi connectivity index (χ1n) is 8.77. The molecule has 0 unspecified atom stereocenters. The average molecular weight is 314 g/mol. The van der Waals surface area contributed by atoms with E-state index in [-0.39, 0.29) is 16.9 Å². The molecule has 2 fully saturated rings. The van der Waals surface area contributed by atoms with Crippen molar-refractivity contribution in [1.82, 2.24) is 10.2 Å². The zero-order valence-corrected chi connectivity index (χ0v) is 14.2. The second-order valence-electron chi connectivity index (χ2n) is 8.08. The molecule has 2 saturated heterocycles. The molecule has 0 bridgehead atoms. The number of carbonyl (C=O) groups is 1. The van der Waals surface area contributed by atoms with Gasteiger partial charge in [-0.15, -0.1) is 0 Å². The lowest BCUT2D eigenvalue weighted by molar-refractivity contribution is -0.132. The number of nitrogens with one attached hydrogen (secondary N) is 1. The number of likely N-dealkylation sites (tertiary alicyclic amines) is 1. The highest BCUT2D eigenvalue weighted by atomic mass is 16.5. The molecule has 0 saturated carbocycles. The van der Waals surface area contributed by atoms with Gasteiger partial charge >= 0.3 is 0 Å². The van der Waals surface area contributed by atoms with Gasteiger partial charge in [-0.1, -0.05) is 12.1 Å². The number of benzene rings is 1. The summed E-state index contributed by atoms with van der Waals surface area (Å²) in [5, 5.41) is 3.06. The number of rotatable bonds is 2. The molecule has 1 aromatic carbocycles. The van der Waals surface area contributed by atoms with Crippen molar-refractivity contribution < 1.29 is 9.53 Å². The van der Waals surface area contributed by atoms with Gasteiger partial charge in [0.15, 0.2) is 0 Å². The SMILES string of the molecule is CC1(C)Cc2cc(CN3CC[C@@]4(CCCNC4=O)C3)ccc2O1. The van der Waals surface area contributed by atoms with Crippen LogP contribution in [0.4, 0.5) is 0 Å². The molecular weight excluding hydrogens is 288 g/mol. The first kappa shape index (κ1) is 15.0. The van der Waals surface area contributed by atoms with Crippen LogP contribution in [-0.2, 0) is 17.8 Å². The lowest BCUT2D eigenvalue weighted by atomic mass is 9.79. The van der Waals surface area contributed by atoms with Crippen LogP contribution in [0.1, 0.15) is 44.2 Å². The molecule has 3 heterocycles. The highest BCUT2D eigenvalue weighted by Crippen LogP contribution is 2.39. The average Bonchev–Trinajstić information content (AvgIpc) is 3.02. The van der Waals surface area contributed by atoms with Crippen molar-refractivity contribution in [2.24, 2.45) is 5.41 Å². The molecule has 1 N–H and O–H groups in total. The van der Waals surface area contributed by atoms with Crippen LogP contribution in [0.15, 0.2) is 18.2 Å². The summed E-state index contributed by atoms with van der Waals surface area (Å²) in [5.74, 6) is 1.30. The fraction of sp³-hybridized carbons (Fsp3) is 0.632. The molecule has 0 radical (unpaired) electrons. The Kier molecular flexibility index (Phi) is 3.41. The maximum absolute atomic E-state index is 12.3. The van der Waals surface area contributed by atoms with E-state index in [1.807, 2.05) is 0 Å². The monoisotopic (exact) mass is 314 g/mol. The summed E-state index contributed by atoms with van der Waals surface area (Å²) in [6.07, 6.45) is 4.13. The van der Waals surface area contributed by atoms with Gasteiger partial charge in [0.05, 0.1) is 5.41 Å². The van der Waals surface area contributed by atoms with E-state index in [0.29, 0.717) is 0 Å². The largest absolute Gasteiger partial charge is 0.487 e. The molecule has 4 heteroatoms. The lowest BCUT2D eigenvalue weighted by Gasteiger charge is -2.32. The van der Waals surface area contributed by atoms with Crippen molar-refractivity contribution in [2.45, 2.75) is 51.7 Å². The van der Waals surface area contributed by atoms with E-state index in [1.165, 1.54) is 11.1 Å². The Labute approximate surface area is 138 Å². The summed E-state index contributed by atoms with van der Waals surface area (Å²) in [6, 6.07) is 6.57. The molecule has 3 aliphatic rings. The Hall–Kier alpha value is -1.55. The first-order valence-corrected chi connectivity index (χ1v) is 8.77. The van der Waals surface area contributed by atoms with Gasteiger partial charge in [0, 0.05) is 26.1 Å². The summed E-state index contributed by atoms with van der Waals surface area (Å²) >= 11 is 0. The van der Waals surface area contributed by atoms with Gasteiger partial charge in [0.2, 0.25) is 5.91 Å². The van der Waals surface area contributed by atoms with Crippen molar-refractivity contribution in [1.29, 1.82) is 0 Å². The van der Waals surface area contributed by atoms with Crippen LogP contribution in [-0.4, -0.2) is 36.0 Å². The van der Waals surface area contributed by atoms with E-state index in [9.17, 15) is 4.79 Å². The van der Waals surface area contributed by atoms with Crippen LogP contribution in [0.3, 0.4) is 0 Å². The normalized spacial score (nSPS) is 29.4. The number of ether oxygens (including phenoxy) is 1. The van der Waals surface area contributed by atoms with Crippen LogP contribution in [0.25, 0.3) is 0 Å². The second-order valence-corrected chi connectivity index (χ2v) is 8.08. The van der Waals surface area contributed by atoms with E-state index in [2.05, 4.69) is 42.3 Å². The highest BCUT2D eigenvalue weighted by molar-refractivity contribution is 5.84. The van der Waals surface area contributed by atoms with E-state index in [4.69, 9.17) is 4.74 Å². The topological polar surface area (TPSA) is 41.6 Å². The van der Waals surface area contributed by atoms with Crippen molar-refractivity contribution in [3.8, 4) is 5.75 Å². The molecular formula is C19H26N2O2. The van der Waals surface area contributed by atoms with E-state index in [1.54, 1.807) is 0 Å². The summed E-state index contributed by atoms with van der Waals surface area (Å²) in [5.41, 5.74) is 2.44. The predicted octanol–water partition coefficient (Wildman–Crippen LogP) is 2.50. The molecule has 4 rings (SSSR count). The fourth-order valence-electron chi connectivity index (χ4n) is 4.43. The van der Waals surface area contributed by atoms with Crippen molar-refractivity contribution in [3.05, 3.63) is 29.3 Å². The summed E-state index contributed by atoms with van der Waals surface area (Å²) in [7, 11) is 0. The summed E-state index contributed by atoms with van der Waals surface area (Å²) in [6.45, 7) is 7.98. The van der Waals surface area contributed by atoms with Gasteiger partial charge in [0.1, 0.15) is 11.4 Å². The summed E-state index contributed by atoms with van der Waals surface area (Å²) in [4.78, 5) is 14.7. The number of nitrogens with zero attached hydrogens (tertiary/aromatic N) is 1. The maximum atomic E-state index is 12.3. The number of fused-ring (bicyclic) bond motifs is 1. The van der Waals surface area contributed by atoms with E-state index < -0.39 is 0 Å². The molecule has 1 spiro atoms. The number of carbonyl (C=O) groups excluding carboxylic acids is 1. The van der Waals surface area contributed by atoms with Crippen LogP contribution in [0, 0.1) is 5.41 Å². The minimum Gasteiger partial charge on any atom is -0.487 e. The van der Waals surface area contributed by atoms with Gasteiger partial charge in [-0.2, -0.15) is 0 Å². The molecule has 1 amide bonds. The van der Waals surface area contributed by atoms with Crippen LogP contribution < -0.4 is 10.1 Å². The Morgan fingerprint density at radius 1 is 1.30 bits per heavy atom. The molecule has 23 heavy (non-hydrogen) atoms. The minimum absolute atomic E-state index is 0.0845. The van der Waals surface area contributed by atoms with Crippen LogP contribution >= 0.6 is 0 Å². The van der Waals surface area contributed by atoms with Crippen molar-refractivity contribution in [2.75, 3.05) is 19.6 Å². The van der Waals surface area contributed by atoms with Gasteiger partial charge < -0.3 is 10.1 Å². The Bertz CT molecular complexity index is 640. The molecule has 3 aliphatic heterocycles. The van der Waals surface area contributed by atoms with Crippen molar-refractivity contribution >= 4 is 5.91 Å². The molecule has 0 aromatic heterocycles. The minimum atomic E-state index is -0.125. The molecule has 1 aromatic rings. The zero-order valence-electron chi connectivity index (χ0n) is 14.2. The third-order valence-corrected chi connectivity index (χ3v) is 5.57. The third kappa shape index (κ3) is 2.74. The second kappa shape index (κ2) is 5.23. The van der Waals surface area contributed by atoms with E-state index in [0.717, 1.165) is 57.6 Å². The van der Waals surface area contributed by atoms with Gasteiger partial charge in [-0.3, -0.25) is 9.69 Å². The molecule has 4 nitrogen and oxygen atoms in total.